The zero-order chi connectivity index (χ0) is 19.8. The minimum absolute atomic E-state index is 0. The molecule has 5 rings (SSSR count). The minimum Gasteiger partial charge on any atom is -0.452 e. The minimum atomic E-state index is 0. The third-order valence-corrected chi connectivity index (χ3v) is 6.64. The van der Waals surface area contributed by atoms with Gasteiger partial charge in [0.2, 0.25) is 0 Å². The van der Waals surface area contributed by atoms with E-state index >= 15 is 0 Å². The van der Waals surface area contributed by atoms with Gasteiger partial charge < -0.3 is 10.1 Å². The third-order valence-electron chi connectivity index (χ3n) is 6.64. The molecule has 160 valence electrons. The lowest BCUT2D eigenvalue weighted by atomic mass is 9.89. The van der Waals surface area contributed by atoms with E-state index in [4.69, 9.17) is 9.57 Å². The fourth-order valence-corrected chi connectivity index (χ4v) is 5.15. The Bertz CT molecular complexity index is 1040. The molecule has 0 amide bonds. The molecule has 0 aromatic carbocycles. The number of allylic oxidation sites excluding steroid dienone is 3. The molecule has 6 nitrogen and oxygen atoms in total. The molecule has 7 heteroatoms. The molecular weight excluding hydrogens is 400 g/mol. The van der Waals surface area contributed by atoms with E-state index in [-0.39, 0.29) is 17.1 Å². The monoisotopic (exact) mass is 429 g/mol. The van der Waals surface area contributed by atoms with Crippen molar-refractivity contribution in [2.75, 3.05) is 26.1 Å². The molecule has 1 saturated carbocycles. The number of methoxy groups -OCH3 is 1. The Morgan fingerprint density at radius 3 is 2.80 bits per heavy atom. The summed E-state index contributed by atoms with van der Waals surface area (Å²) in [6.07, 6.45) is 19.2. The van der Waals surface area contributed by atoms with Gasteiger partial charge in [-0.2, -0.15) is 9.94 Å². The summed E-state index contributed by atoms with van der Waals surface area (Å²) >= 11 is 0. The molecule has 1 aromatic heterocycles. The van der Waals surface area contributed by atoms with Gasteiger partial charge in [0.05, 0.1) is 30.9 Å². The van der Waals surface area contributed by atoms with Crippen LogP contribution in [-0.4, -0.2) is 35.6 Å². The van der Waals surface area contributed by atoms with Gasteiger partial charge in [0, 0.05) is 18.2 Å². The van der Waals surface area contributed by atoms with E-state index in [1.165, 1.54) is 43.3 Å². The van der Waals surface area contributed by atoms with Crippen LogP contribution < -0.4 is 15.8 Å². The largest absolute Gasteiger partial charge is 0.452 e. The molecule has 4 aliphatic rings. The first-order valence-corrected chi connectivity index (χ1v) is 10.7. The SMILES string of the molecule is COC1=CC2=C(C=CCC2)C2=c3c(NCC4CCCCC4)nncc3=C[N+]12OC.Cl. The van der Waals surface area contributed by atoms with Gasteiger partial charge in [-0.15, -0.1) is 17.5 Å². The molecule has 3 heterocycles. The summed E-state index contributed by atoms with van der Waals surface area (Å²) in [5, 5.41) is 14.5. The van der Waals surface area contributed by atoms with Crippen molar-refractivity contribution >= 4 is 30.1 Å². The van der Waals surface area contributed by atoms with Gasteiger partial charge in [0.25, 0.3) is 0 Å². The summed E-state index contributed by atoms with van der Waals surface area (Å²) in [4.78, 5) is 6.09. The second-order valence-electron chi connectivity index (χ2n) is 8.29. The maximum Gasteiger partial charge on any atom is 0.335 e. The molecule has 1 atom stereocenters. The maximum atomic E-state index is 6.09. The predicted octanol–water partition coefficient (Wildman–Crippen LogP) is 3.28. The van der Waals surface area contributed by atoms with Crippen LogP contribution in [0.5, 0.6) is 0 Å². The summed E-state index contributed by atoms with van der Waals surface area (Å²) in [5.41, 5.74) is 3.58. The van der Waals surface area contributed by atoms with Gasteiger partial charge in [-0.1, -0.05) is 36.1 Å². The maximum absolute atomic E-state index is 6.09. The number of fused-ring (bicyclic) bond motifs is 3. The van der Waals surface area contributed by atoms with E-state index in [1.54, 1.807) is 14.2 Å². The van der Waals surface area contributed by atoms with Crippen molar-refractivity contribution in [2.45, 2.75) is 44.9 Å². The summed E-state index contributed by atoms with van der Waals surface area (Å²) in [7, 11) is 3.44. The highest BCUT2D eigenvalue weighted by molar-refractivity contribution is 5.85. The molecule has 0 spiro atoms. The van der Waals surface area contributed by atoms with E-state index in [1.807, 2.05) is 6.20 Å². The van der Waals surface area contributed by atoms with Crippen molar-refractivity contribution in [1.29, 1.82) is 0 Å². The molecule has 0 bridgehead atoms. The highest BCUT2D eigenvalue weighted by Gasteiger charge is 2.49. The first-order valence-electron chi connectivity index (χ1n) is 10.7. The number of rotatable bonds is 5. The molecule has 0 radical (unpaired) electrons. The second-order valence-corrected chi connectivity index (χ2v) is 8.29. The summed E-state index contributed by atoms with van der Waals surface area (Å²) < 4.78 is 5.92. The standard InChI is InChI=1S/C23H29N4O2.ClH/c1-28-20-12-17-10-6-7-11-19(17)22-21-18(15-27(20,22)29-2)14-25-26-23(21)24-13-16-8-4-3-5-9-16;/h7,11-12,14-16H,3-6,8-10,13H2,1-2H3,(H,24,26);1H/q+1;. The van der Waals surface area contributed by atoms with E-state index in [9.17, 15) is 0 Å². The Morgan fingerprint density at radius 2 is 2.03 bits per heavy atom. The number of anilines is 1. The van der Waals surface area contributed by atoms with Crippen LogP contribution in [0.4, 0.5) is 5.82 Å². The summed E-state index contributed by atoms with van der Waals surface area (Å²) in [6, 6.07) is 0. The lowest BCUT2D eigenvalue weighted by molar-refractivity contribution is -0.962. The van der Waals surface area contributed by atoms with Gasteiger partial charge in [0.15, 0.2) is 17.7 Å². The third kappa shape index (κ3) is 3.27. The number of nitrogens with one attached hydrogen (secondary N) is 1. The van der Waals surface area contributed by atoms with Gasteiger partial charge in [-0.25, -0.2) is 0 Å². The highest BCUT2D eigenvalue weighted by atomic mass is 35.5. The van der Waals surface area contributed by atoms with E-state index < -0.39 is 0 Å². The average molecular weight is 430 g/mol. The second kappa shape index (κ2) is 8.53. The zero-order valence-corrected chi connectivity index (χ0v) is 18.5. The molecule has 2 aliphatic carbocycles. The van der Waals surface area contributed by atoms with Crippen molar-refractivity contribution in [1.82, 2.24) is 10.2 Å². The number of hydrogen-bond acceptors (Lipinski definition) is 5. The van der Waals surface area contributed by atoms with Crippen LogP contribution >= 0.6 is 12.4 Å². The van der Waals surface area contributed by atoms with Crippen molar-refractivity contribution in [3.63, 3.8) is 0 Å². The van der Waals surface area contributed by atoms with Crippen molar-refractivity contribution in [2.24, 2.45) is 5.92 Å². The predicted molar refractivity (Wildman–Crippen MR) is 119 cm³/mol. The van der Waals surface area contributed by atoms with Crippen LogP contribution in [0.25, 0.3) is 11.9 Å². The average Bonchev–Trinajstić information content (AvgIpc) is 3.14. The Hall–Kier alpha value is -2.15. The van der Waals surface area contributed by atoms with Crippen molar-refractivity contribution in [3.05, 3.63) is 51.9 Å². The highest BCUT2D eigenvalue weighted by Crippen LogP contribution is 2.43. The first kappa shape index (κ1) is 21.1. The van der Waals surface area contributed by atoms with E-state index in [0.29, 0.717) is 5.92 Å². The Labute approximate surface area is 183 Å². The van der Waals surface area contributed by atoms with Crippen LogP contribution in [0, 0.1) is 5.92 Å². The van der Waals surface area contributed by atoms with Crippen LogP contribution in [0.2, 0.25) is 0 Å². The number of hydroxylamine groups is 3. The zero-order valence-electron chi connectivity index (χ0n) is 17.7. The first-order chi connectivity index (χ1) is 14.3. The lowest BCUT2D eigenvalue weighted by Gasteiger charge is -2.34. The smallest absolute Gasteiger partial charge is 0.335 e. The van der Waals surface area contributed by atoms with Crippen molar-refractivity contribution < 1.29 is 14.2 Å². The summed E-state index contributed by atoms with van der Waals surface area (Å²) in [5.74, 6) is 2.33. The molecule has 2 aliphatic heterocycles. The summed E-state index contributed by atoms with van der Waals surface area (Å²) in [6.45, 7) is 0.945. The van der Waals surface area contributed by atoms with E-state index in [0.717, 1.165) is 47.2 Å². The fourth-order valence-electron chi connectivity index (χ4n) is 5.15. The van der Waals surface area contributed by atoms with Crippen LogP contribution in [0.15, 0.2) is 41.5 Å². The molecule has 1 N–H and O–H groups in total. The number of aromatic nitrogens is 2. The van der Waals surface area contributed by atoms with E-state index in [2.05, 4.69) is 39.9 Å². The Kier molecular flexibility index (Phi) is 6.00. The molecule has 1 aromatic rings. The number of hydrogen-bond donors (Lipinski definition) is 1. The molecule has 1 fully saturated rings. The van der Waals surface area contributed by atoms with Crippen LogP contribution in [0.3, 0.4) is 0 Å². The number of halogens is 1. The Balaban J connectivity index is 0.00000218. The number of nitrogens with zero attached hydrogens (tertiary/aromatic N) is 3. The molecule has 1 unspecified atom stereocenters. The van der Waals surface area contributed by atoms with Crippen LogP contribution in [0.1, 0.15) is 44.9 Å². The van der Waals surface area contributed by atoms with Crippen LogP contribution in [-0.2, 0) is 9.57 Å². The fraction of sp³-hybridized carbons (Fsp3) is 0.478. The van der Waals surface area contributed by atoms with Crippen molar-refractivity contribution in [3.8, 4) is 0 Å². The number of quaternary nitrogens is 1. The topological polar surface area (TPSA) is 56.3 Å². The molecule has 0 saturated heterocycles. The normalized spacial score (nSPS) is 24.9. The van der Waals surface area contributed by atoms with Gasteiger partial charge in [-0.05, 0) is 37.2 Å². The quantitative estimate of drug-likeness (QED) is 0.728. The molecular formula is C23H30ClN4O2+. The van der Waals surface area contributed by atoms with Gasteiger partial charge >= 0.3 is 5.88 Å². The Morgan fingerprint density at radius 1 is 1.20 bits per heavy atom. The van der Waals surface area contributed by atoms with Gasteiger partial charge in [0.1, 0.15) is 0 Å². The molecule has 30 heavy (non-hydrogen) atoms. The number of ether oxygens (including phenoxy) is 1. The lowest BCUT2D eigenvalue weighted by Crippen LogP contribution is -2.42. The van der Waals surface area contributed by atoms with Gasteiger partial charge in [-0.3, -0.25) is 0 Å².